The van der Waals surface area contributed by atoms with E-state index in [-0.39, 0.29) is 28.0 Å². The lowest BCUT2D eigenvalue weighted by atomic mass is 10.2. The van der Waals surface area contributed by atoms with Crippen molar-refractivity contribution < 1.29 is 22.7 Å². The van der Waals surface area contributed by atoms with Gasteiger partial charge < -0.3 is 9.47 Å². The minimum absolute atomic E-state index is 0.00806. The fourth-order valence-electron chi connectivity index (χ4n) is 2.37. The third-order valence-corrected chi connectivity index (χ3v) is 5.37. The van der Waals surface area contributed by atoms with Crippen LogP contribution in [0.1, 0.15) is 35.7 Å². The normalized spacial score (nSPS) is 13.6. The summed E-state index contributed by atoms with van der Waals surface area (Å²) in [6, 6.07) is 12.1. The van der Waals surface area contributed by atoms with Crippen LogP contribution < -0.4 is 14.2 Å². The van der Waals surface area contributed by atoms with Gasteiger partial charge in [0.15, 0.2) is 11.5 Å². The van der Waals surface area contributed by atoms with Gasteiger partial charge in [0.1, 0.15) is 0 Å². The predicted octanol–water partition coefficient (Wildman–Crippen LogP) is 2.62. The Balaban J connectivity index is 1.83. The van der Waals surface area contributed by atoms with Crippen LogP contribution >= 0.6 is 0 Å². The summed E-state index contributed by atoms with van der Waals surface area (Å²) in [4.78, 5) is 12.5. The zero-order chi connectivity index (χ0) is 19.4. The first-order chi connectivity index (χ1) is 12.9. The van der Waals surface area contributed by atoms with Crippen molar-refractivity contribution >= 4 is 16.0 Å². The number of nitriles is 1. The largest absolute Gasteiger partial charge is 0.490 e. The van der Waals surface area contributed by atoms with Gasteiger partial charge in [0.05, 0.1) is 28.7 Å². The topological polar surface area (TPSA) is 105 Å². The first kappa shape index (κ1) is 18.9. The Kier molecular flexibility index (Phi) is 5.44. The molecule has 0 aromatic heterocycles. The van der Waals surface area contributed by atoms with E-state index in [0.29, 0.717) is 12.2 Å². The van der Waals surface area contributed by atoms with E-state index in [1.165, 1.54) is 42.5 Å². The van der Waals surface area contributed by atoms with E-state index in [0.717, 1.165) is 12.8 Å². The van der Waals surface area contributed by atoms with Crippen molar-refractivity contribution in [3.63, 3.8) is 0 Å². The molecule has 2 aromatic rings. The number of hydrogen-bond donors (Lipinski definition) is 1. The van der Waals surface area contributed by atoms with E-state index in [1.54, 1.807) is 6.92 Å². The monoisotopic (exact) mass is 386 g/mol. The molecular weight excluding hydrogens is 368 g/mol. The predicted molar refractivity (Wildman–Crippen MR) is 97.1 cm³/mol. The van der Waals surface area contributed by atoms with Crippen molar-refractivity contribution in [3.05, 3.63) is 53.6 Å². The zero-order valence-electron chi connectivity index (χ0n) is 14.6. The highest BCUT2D eigenvalue weighted by molar-refractivity contribution is 7.89. The number of rotatable bonds is 7. The average molecular weight is 386 g/mol. The Morgan fingerprint density at radius 1 is 1.22 bits per heavy atom. The van der Waals surface area contributed by atoms with Gasteiger partial charge in [-0.25, -0.2) is 17.9 Å². The van der Waals surface area contributed by atoms with Crippen molar-refractivity contribution in [2.45, 2.75) is 30.7 Å². The molecule has 0 unspecified atom stereocenters. The highest BCUT2D eigenvalue weighted by atomic mass is 32.2. The Hall–Kier alpha value is -2.89. The maximum absolute atomic E-state index is 12.5. The number of benzene rings is 2. The van der Waals surface area contributed by atoms with Crippen LogP contribution in [0, 0.1) is 11.3 Å². The van der Waals surface area contributed by atoms with Crippen LogP contribution in [0.3, 0.4) is 0 Å². The SMILES string of the molecule is CCOc1cc(C#N)ccc1OC(=O)c1cccc(S(=O)(=O)NC2CC2)c1. The highest BCUT2D eigenvalue weighted by Gasteiger charge is 2.28. The second kappa shape index (κ2) is 7.78. The van der Waals surface area contributed by atoms with E-state index in [2.05, 4.69) is 4.72 Å². The van der Waals surface area contributed by atoms with Gasteiger partial charge in [-0.05, 0) is 50.1 Å². The van der Waals surface area contributed by atoms with Crippen molar-refractivity contribution in [2.75, 3.05) is 6.61 Å². The number of nitrogens with one attached hydrogen (secondary N) is 1. The molecule has 140 valence electrons. The van der Waals surface area contributed by atoms with Crippen molar-refractivity contribution in [2.24, 2.45) is 0 Å². The summed E-state index contributed by atoms with van der Waals surface area (Å²) >= 11 is 0. The third kappa shape index (κ3) is 4.64. The standard InChI is InChI=1S/C19H18N2O5S/c1-2-25-18-10-13(12-20)6-9-17(18)26-19(22)14-4-3-5-16(11-14)27(23,24)21-15-7-8-15/h3-6,9-11,15,21H,2,7-8H2,1H3. The van der Waals surface area contributed by atoms with Gasteiger partial charge in [0.25, 0.3) is 0 Å². The smallest absolute Gasteiger partial charge is 0.343 e. The number of carbonyl (C=O) groups is 1. The van der Waals surface area contributed by atoms with Crippen LogP contribution in [0.5, 0.6) is 11.5 Å². The van der Waals surface area contributed by atoms with E-state index >= 15 is 0 Å². The van der Waals surface area contributed by atoms with Gasteiger partial charge in [0, 0.05) is 12.1 Å². The third-order valence-electron chi connectivity index (χ3n) is 3.85. The average Bonchev–Trinajstić information content (AvgIpc) is 3.46. The molecule has 1 fully saturated rings. The number of hydrogen-bond acceptors (Lipinski definition) is 6. The van der Waals surface area contributed by atoms with Crippen LogP contribution in [-0.2, 0) is 10.0 Å². The molecule has 27 heavy (non-hydrogen) atoms. The molecule has 0 spiro atoms. The van der Waals surface area contributed by atoms with Crippen LogP contribution in [0.4, 0.5) is 0 Å². The lowest BCUT2D eigenvalue weighted by Crippen LogP contribution is -2.26. The molecule has 0 atom stereocenters. The molecule has 0 heterocycles. The fraction of sp³-hybridized carbons (Fsp3) is 0.263. The van der Waals surface area contributed by atoms with Crippen LogP contribution in [0.25, 0.3) is 0 Å². The maximum atomic E-state index is 12.5. The summed E-state index contributed by atoms with van der Waals surface area (Å²) in [6.07, 6.45) is 1.64. The molecule has 8 heteroatoms. The molecule has 1 aliphatic carbocycles. The molecule has 0 radical (unpaired) electrons. The second-order valence-corrected chi connectivity index (χ2v) is 7.73. The Bertz CT molecular complexity index is 1010. The summed E-state index contributed by atoms with van der Waals surface area (Å²) < 4.78 is 38.0. The van der Waals surface area contributed by atoms with E-state index < -0.39 is 16.0 Å². The molecule has 2 aromatic carbocycles. The molecule has 0 saturated heterocycles. The first-order valence-electron chi connectivity index (χ1n) is 8.44. The number of sulfonamides is 1. The zero-order valence-corrected chi connectivity index (χ0v) is 15.5. The Morgan fingerprint density at radius 3 is 2.67 bits per heavy atom. The van der Waals surface area contributed by atoms with Gasteiger partial charge in [-0.2, -0.15) is 5.26 Å². The second-order valence-electron chi connectivity index (χ2n) is 6.02. The van der Waals surface area contributed by atoms with Crippen LogP contribution in [0.2, 0.25) is 0 Å². The summed E-state index contributed by atoms with van der Waals surface area (Å²) in [7, 11) is -3.67. The fourth-order valence-corrected chi connectivity index (χ4v) is 3.72. The lowest BCUT2D eigenvalue weighted by Gasteiger charge is -2.11. The summed E-state index contributed by atoms with van der Waals surface area (Å²) in [6.45, 7) is 2.10. The first-order valence-corrected chi connectivity index (χ1v) is 9.93. The maximum Gasteiger partial charge on any atom is 0.343 e. The van der Waals surface area contributed by atoms with Crippen molar-refractivity contribution in [3.8, 4) is 17.6 Å². The highest BCUT2D eigenvalue weighted by Crippen LogP contribution is 2.29. The van der Waals surface area contributed by atoms with Gasteiger partial charge in [0.2, 0.25) is 10.0 Å². The molecular formula is C19H18N2O5S. The van der Waals surface area contributed by atoms with E-state index in [1.807, 2.05) is 6.07 Å². The van der Waals surface area contributed by atoms with Crippen molar-refractivity contribution in [1.29, 1.82) is 5.26 Å². The van der Waals surface area contributed by atoms with Crippen LogP contribution in [-0.4, -0.2) is 27.0 Å². The summed E-state index contributed by atoms with van der Waals surface area (Å²) in [5.74, 6) is -0.293. The molecule has 1 aliphatic rings. The molecule has 1 N–H and O–H groups in total. The lowest BCUT2D eigenvalue weighted by molar-refractivity contribution is 0.0728. The number of ether oxygens (including phenoxy) is 2. The molecule has 7 nitrogen and oxygen atoms in total. The molecule has 1 saturated carbocycles. The number of nitrogens with zero attached hydrogens (tertiary/aromatic N) is 1. The van der Waals surface area contributed by atoms with Crippen LogP contribution in [0.15, 0.2) is 47.4 Å². The molecule has 0 aliphatic heterocycles. The summed E-state index contributed by atoms with van der Waals surface area (Å²) in [5.41, 5.74) is 0.470. The number of carbonyl (C=O) groups excluding carboxylic acids is 1. The quantitative estimate of drug-likeness (QED) is 0.579. The number of esters is 1. The Morgan fingerprint density at radius 2 is 2.00 bits per heavy atom. The molecule has 0 amide bonds. The van der Waals surface area contributed by atoms with E-state index in [9.17, 15) is 13.2 Å². The minimum Gasteiger partial charge on any atom is -0.490 e. The van der Waals surface area contributed by atoms with Crippen molar-refractivity contribution in [1.82, 2.24) is 4.72 Å². The Labute approximate surface area is 157 Å². The van der Waals surface area contributed by atoms with Gasteiger partial charge in [-0.3, -0.25) is 0 Å². The van der Waals surface area contributed by atoms with Gasteiger partial charge in [-0.15, -0.1) is 0 Å². The molecule has 3 rings (SSSR count). The van der Waals surface area contributed by atoms with Gasteiger partial charge >= 0.3 is 5.97 Å². The summed E-state index contributed by atoms with van der Waals surface area (Å²) in [5, 5.41) is 8.98. The van der Waals surface area contributed by atoms with E-state index in [4.69, 9.17) is 14.7 Å². The van der Waals surface area contributed by atoms with Gasteiger partial charge in [-0.1, -0.05) is 6.07 Å². The minimum atomic E-state index is -3.67. The molecule has 0 bridgehead atoms.